The van der Waals surface area contributed by atoms with Crippen LogP contribution in [0.15, 0.2) is 0 Å². The zero-order valence-electron chi connectivity index (χ0n) is 15.0. The van der Waals surface area contributed by atoms with Crippen LogP contribution in [0.2, 0.25) is 0 Å². The summed E-state index contributed by atoms with van der Waals surface area (Å²) in [6.45, 7) is 3.31. The van der Waals surface area contributed by atoms with Crippen molar-refractivity contribution in [1.82, 2.24) is 20.0 Å². The largest absolute Gasteiger partial charge is 0.478 e. The van der Waals surface area contributed by atoms with E-state index in [1.807, 2.05) is 0 Å². The number of aliphatic carboxylic acids is 1. The second-order valence-corrected chi connectivity index (χ2v) is 6.67. The molecule has 2 unspecified atom stereocenters. The maximum absolute atomic E-state index is 12.7. The highest BCUT2D eigenvalue weighted by molar-refractivity contribution is 7.80. The van der Waals surface area contributed by atoms with Gasteiger partial charge in [0.25, 0.3) is 0 Å². The highest BCUT2D eigenvalue weighted by Crippen LogP contribution is 2.18. The minimum Gasteiger partial charge on any atom is -0.478 e. The van der Waals surface area contributed by atoms with E-state index in [1.165, 1.54) is 10.0 Å². The van der Waals surface area contributed by atoms with Gasteiger partial charge in [-0.3, -0.25) is 9.59 Å². The summed E-state index contributed by atoms with van der Waals surface area (Å²) in [6.07, 6.45) is -1.50. The van der Waals surface area contributed by atoms with Crippen LogP contribution in [0.3, 0.4) is 0 Å². The fraction of sp³-hybridized carbons (Fsp3) is 0.786. The average Bonchev–Trinajstić information content (AvgIpc) is 2.50. The van der Waals surface area contributed by atoms with Gasteiger partial charge in [0.05, 0.1) is 0 Å². The zero-order chi connectivity index (χ0) is 19.2. The van der Waals surface area contributed by atoms with Gasteiger partial charge in [0.2, 0.25) is 18.0 Å². The number of hydrazine groups is 2. The molecule has 0 fully saturated rings. The number of hydrogen-bond acceptors (Lipinski definition) is 7. The molecule has 0 bridgehead atoms. The SMILES string of the molecule is CC(CS)C(=O)N(C(C(=O)O)N(C(=O)C(C)CS)N(C)C)N(C)C. The van der Waals surface area contributed by atoms with Gasteiger partial charge in [-0.1, -0.05) is 13.8 Å². The third-order valence-electron chi connectivity index (χ3n) is 3.39. The minimum absolute atomic E-state index is 0.262. The van der Waals surface area contributed by atoms with Crippen LogP contribution in [0, 0.1) is 11.8 Å². The molecular weight excluding hydrogens is 352 g/mol. The maximum atomic E-state index is 12.7. The van der Waals surface area contributed by atoms with Gasteiger partial charge in [-0.25, -0.2) is 24.8 Å². The van der Waals surface area contributed by atoms with Gasteiger partial charge in [-0.05, 0) is 0 Å². The number of carbonyl (C=O) groups excluding carboxylic acids is 2. The van der Waals surface area contributed by atoms with E-state index in [2.05, 4.69) is 25.3 Å². The Bertz CT molecular complexity index is 428. The van der Waals surface area contributed by atoms with E-state index in [4.69, 9.17) is 0 Å². The Kier molecular flexibility index (Phi) is 9.71. The van der Waals surface area contributed by atoms with Crippen molar-refractivity contribution >= 4 is 43.0 Å². The number of hydrogen-bond donors (Lipinski definition) is 3. The molecule has 24 heavy (non-hydrogen) atoms. The van der Waals surface area contributed by atoms with Crippen molar-refractivity contribution in [3.63, 3.8) is 0 Å². The first-order chi connectivity index (χ1) is 11.0. The minimum atomic E-state index is -1.50. The Morgan fingerprint density at radius 2 is 1.12 bits per heavy atom. The molecule has 0 spiro atoms. The van der Waals surface area contributed by atoms with E-state index in [1.54, 1.807) is 42.0 Å². The predicted molar refractivity (Wildman–Crippen MR) is 98.5 cm³/mol. The van der Waals surface area contributed by atoms with Crippen LogP contribution in [-0.4, -0.2) is 88.8 Å². The summed E-state index contributed by atoms with van der Waals surface area (Å²) in [5, 5.41) is 14.6. The molecule has 0 aromatic rings. The molecule has 0 aromatic heterocycles. The van der Waals surface area contributed by atoms with E-state index >= 15 is 0 Å². The van der Waals surface area contributed by atoms with Gasteiger partial charge >= 0.3 is 5.97 Å². The number of carboxylic acids is 1. The fourth-order valence-electron chi connectivity index (χ4n) is 1.99. The first-order valence-corrected chi connectivity index (χ1v) is 8.72. The Morgan fingerprint density at radius 3 is 1.29 bits per heavy atom. The van der Waals surface area contributed by atoms with Gasteiger partial charge in [0, 0.05) is 51.5 Å². The van der Waals surface area contributed by atoms with Crippen LogP contribution in [0.25, 0.3) is 0 Å². The Balaban J connectivity index is 6.04. The van der Waals surface area contributed by atoms with E-state index < -0.39 is 35.8 Å². The van der Waals surface area contributed by atoms with Gasteiger partial charge in [-0.2, -0.15) is 25.3 Å². The quantitative estimate of drug-likeness (QED) is 0.300. The van der Waals surface area contributed by atoms with Gasteiger partial charge in [0.1, 0.15) is 0 Å². The lowest BCUT2D eigenvalue weighted by Crippen LogP contribution is -2.65. The average molecular weight is 381 g/mol. The number of thiol groups is 2. The van der Waals surface area contributed by atoms with Crippen LogP contribution in [-0.2, 0) is 14.4 Å². The fourth-order valence-corrected chi connectivity index (χ4v) is 2.31. The molecule has 1 N–H and O–H groups in total. The molecule has 0 saturated carbocycles. The lowest BCUT2D eigenvalue weighted by atomic mass is 10.1. The lowest BCUT2D eigenvalue weighted by Gasteiger charge is -2.43. The Labute approximate surface area is 154 Å². The third-order valence-corrected chi connectivity index (χ3v) is 4.48. The van der Waals surface area contributed by atoms with Crippen molar-refractivity contribution in [3.05, 3.63) is 0 Å². The zero-order valence-corrected chi connectivity index (χ0v) is 16.8. The van der Waals surface area contributed by atoms with Crippen molar-refractivity contribution in [1.29, 1.82) is 0 Å². The smallest absolute Gasteiger partial charge is 0.350 e. The van der Waals surface area contributed by atoms with E-state index in [9.17, 15) is 19.5 Å². The standard InChI is InChI=1S/C14H28N4O4S2/c1-9(7-23)12(19)17(15(3)4)11(14(21)22)18(16(5)6)13(20)10(2)8-24/h9-11,23-24H,7-8H2,1-6H3,(H,21,22). The first-order valence-electron chi connectivity index (χ1n) is 7.46. The molecule has 0 aliphatic rings. The van der Waals surface area contributed by atoms with Crippen LogP contribution in [0.1, 0.15) is 13.8 Å². The molecule has 0 aliphatic heterocycles. The molecule has 0 heterocycles. The highest BCUT2D eigenvalue weighted by atomic mass is 32.1. The van der Waals surface area contributed by atoms with Gasteiger partial charge < -0.3 is 5.11 Å². The maximum Gasteiger partial charge on any atom is 0.350 e. The number of carboxylic acid groups (broad SMARTS) is 1. The molecule has 10 heteroatoms. The van der Waals surface area contributed by atoms with Crippen molar-refractivity contribution in [2.24, 2.45) is 11.8 Å². The summed E-state index contributed by atoms with van der Waals surface area (Å²) in [6, 6.07) is 0. The molecule has 0 rings (SSSR count). The number of nitrogens with zero attached hydrogens (tertiary/aromatic N) is 4. The summed E-state index contributed by atoms with van der Waals surface area (Å²) in [5.41, 5.74) is 0. The summed E-state index contributed by atoms with van der Waals surface area (Å²) >= 11 is 8.21. The molecular formula is C14H28N4O4S2. The molecule has 2 atom stereocenters. The molecule has 8 nitrogen and oxygen atoms in total. The van der Waals surface area contributed by atoms with E-state index in [0.717, 1.165) is 10.0 Å². The van der Waals surface area contributed by atoms with Crippen LogP contribution >= 0.6 is 25.3 Å². The highest BCUT2D eigenvalue weighted by Gasteiger charge is 2.42. The van der Waals surface area contributed by atoms with Crippen molar-refractivity contribution in [2.75, 3.05) is 39.7 Å². The van der Waals surface area contributed by atoms with Crippen LogP contribution < -0.4 is 0 Å². The van der Waals surface area contributed by atoms with Crippen LogP contribution in [0.5, 0.6) is 0 Å². The summed E-state index contributed by atoms with van der Waals surface area (Å²) in [7, 11) is 6.22. The van der Waals surface area contributed by atoms with Crippen molar-refractivity contribution in [3.8, 4) is 0 Å². The monoisotopic (exact) mass is 380 g/mol. The molecule has 0 radical (unpaired) electrons. The topological polar surface area (TPSA) is 84.4 Å². The first kappa shape index (κ1) is 23.0. The Hall–Kier alpha value is -0.970. The van der Waals surface area contributed by atoms with Gasteiger partial charge in [0.15, 0.2) is 0 Å². The number of carbonyl (C=O) groups is 3. The van der Waals surface area contributed by atoms with E-state index in [0.29, 0.717) is 0 Å². The molecule has 0 aliphatic carbocycles. The van der Waals surface area contributed by atoms with Crippen molar-refractivity contribution in [2.45, 2.75) is 20.0 Å². The predicted octanol–water partition coefficient (Wildman–Crippen LogP) is 0.139. The van der Waals surface area contributed by atoms with Crippen molar-refractivity contribution < 1.29 is 19.5 Å². The second-order valence-electron chi connectivity index (χ2n) is 5.94. The second kappa shape index (κ2) is 10.1. The van der Waals surface area contributed by atoms with Gasteiger partial charge in [-0.15, -0.1) is 0 Å². The molecule has 0 saturated heterocycles. The molecule has 140 valence electrons. The lowest BCUT2D eigenvalue weighted by molar-refractivity contribution is -0.200. The number of amides is 2. The number of rotatable bonds is 9. The summed E-state index contributed by atoms with van der Waals surface area (Å²) in [4.78, 5) is 37.2. The third kappa shape index (κ3) is 5.54. The summed E-state index contributed by atoms with van der Waals surface area (Å²) in [5.74, 6) is -2.65. The Morgan fingerprint density at radius 1 is 0.833 bits per heavy atom. The summed E-state index contributed by atoms with van der Waals surface area (Å²) < 4.78 is 0. The normalized spacial score (nSPS) is 15.1. The molecule has 0 aromatic carbocycles. The molecule has 2 amide bonds. The van der Waals surface area contributed by atoms with Crippen LogP contribution in [0.4, 0.5) is 0 Å². The van der Waals surface area contributed by atoms with E-state index in [-0.39, 0.29) is 11.5 Å².